The second-order valence-electron chi connectivity index (χ2n) is 12.7. The second kappa shape index (κ2) is 17.6. The second-order valence-corrected chi connectivity index (χ2v) is 13.6. The molecule has 0 bridgehead atoms. The fraction of sp³-hybridized carbons (Fsp3) is 0.244. The number of benzene rings is 4. The highest BCUT2D eigenvalue weighted by Gasteiger charge is 2.46. The van der Waals surface area contributed by atoms with Gasteiger partial charge in [0.05, 0.1) is 39.6 Å². The molecule has 1 unspecified atom stereocenters. The zero-order valence-electron chi connectivity index (χ0n) is 30.6. The third-order valence-corrected chi connectivity index (χ3v) is 10.2. The van der Waals surface area contributed by atoms with E-state index in [9.17, 15) is 9.36 Å². The average molecular weight is 774 g/mol. The van der Waals surface area contributed by atoms with Gasteiger partial charge in [0.1, 0.15) is 48.5 Å². The largest absolute Gasteiger partial charge is 0.697 e. The van der Waals surface area contributed by atoms with Crippen molar-refractivity contribution in [2.45, 2.75) is 36.9 Å². The highest BCUT2D eigenvalue weighted by atomic mass is 31.1. The summed E-state index contributed by atoms with van der Waals surface area (Å²) in [7, 11) is 0.599. The van der Waals surface area contributed by atoms with Crippen molar-refractivity contribution in [2.24, 2.45) is 0 Å². The van der Waals surface area contributed by atoms with Gasteiger partial charge in [-0.15, -0.1) is 9.05 Å². The minimum absolute atomic E-state index is 0.0323. The van der Waals surface area contributed by atoms with Crippen LogP contribution in [-0.4, -0.2) is 65.1 Å². The van der Waals surface area contributed by atoms with Crippen LogP contribution < -0.4 is 14.8 Å². The van der Waals surface area contributed by atoms with Crippen LogP contribution in [0.3, 0.4) is 0 Å². The maximum atomic E-state index is 13.1. The normalized spacial score (nSPS) is 16.9. The molecule has 1 N–H and O–H groups in total. The molecule has 56 heavy (non-hydrogen) atoms. The summed E-state index contributed by atoms with van der Waals surface area (Å²) in [5.74, 6) is 1.24. The van der Waals surface area contributed by atoms with E-state index in [1.807, 2.05) is 91.0 Å². The molecule has 1 amide bonds. The van der Waals surface area contributed by atoms with Gasteiger partial charge in [0.15, 0.2) is 17.0 Å². The molecule has 1 aliphatic rings. The fourth-order valence-electron chi connectivity index (χ4n) is 6.64. The Bertz CT molecular complexity index is 2260. The molecular formula is C41H38N6O8P+. The first kappa shape index (κ1) is 38.2. The van der Waals surface area contributed by atoms with Crippen LogP contribution in [0.5, 0.6) is 11.5 Å². The van der Waals surface area contributed by atoms with Crippen LogP contribution in [0.15, 0.2) is 122 Å². The number of nitriles is 1. The van der Waals surface area contributed by atoms with Gasteiger partial charge in [-0.1, -0.05) is 72.8 Å². The fourth-order valence-corrected chi connectivity index (χ4v) is 7.39. The lowest BCUT2D eigenvalue weighted by atomic mass is 9.80. The molecule has 284 valence electrons. The zero-order valence-corrected chi connectivity index (χ0v) is 31.5. The molecule has 1 fully saturated rings. The molecule has 6 aromatic rings. The van der Waals surface area contributed by atoms with Crippen LogP contribution in [-0.2, 0) is 28.7 Å². The van der Waals surface area contributed by atoms with E-state index in [0.29, 0.717) is 28.2 Å². The van der Waals surface area contributed by atoms with E-state index in [-0.39, 0.29) is 37.8 Å². The summed E-state index contributed by atoms with van der Waals surface area (Å²) in [6.07, 6.45) is 0.867. The number of carbonyl (C=O) groups excluding carboxylic acids is 1. The minimum atomic E-state index is -2.62. The summed E-state index contributed by atoms with van der Waals surface area (Å²) in [5.41, 5.74) is 2.52. The van der Waals surface area contributed by atoms with Crippen molar-refractivity contribution >= 4 is 31.1 Å². The Morgan fingerprint density at radius 1 is 0.893 bits per heavy atom. The van der Waals surface area contributed by atoms with Gasteiger partial charge in [-0.25, -0.2) is 15.0 Å². The monoisotopic (exact) mass is 773 g/mol. The lowest BCUT2D eigenvalue weighted by Crippen LogP contribution is -2.38. The number of hydrogen-bond acceptors (Lipinski definition) is 12. The maximum absolute atomic E-state index is 13.1. The van der Waals surface area contributed by atoms with Crippen molar-refractivity contribution in [3.05, 3.63) is 144 Å². The molecular weight excluding hydrogens is 735 g/mol. The van der Waals surface area contributed by atoms with Crippen molar-refractivity contribution in [1.29, 1.82) is 5.26 Å². The van der Waals surface area contributed by atoms with E-state index in [4.69, 9.17) is 33.3 Å². The first-order valence-electron chi connectivity index (χ1n) is 17.7. The summed E-state index contributed by atoms with van der Waals surface area (Å²) >= 11 is 0. The number of amides is 1. The first-order valence-corrected chi connectivity index (χ1v) is 18.8. The third-order valence-electron chi connectivity index (χ3n) is 9.39. The number of ether oxygens (including phenoxy) is 4. The smallest absolute Gasteiger partial charge is 0.497 e. The Balaban J connectivity index is 1.23. The Kier molecular flexibility index (Phi) is 12.0. The molecule has 2 aromatic heterocycles. The molecule has 7 rings (SSSR count). The van der Waals surface area contributed by atoms with E-state index in [1.54, 1.807) is 49.4 Å². The molecule has 1 saturated heterocycles. The van der Waals surface area contributed by atoms with E-state index in [0.717, 1.165) is 16.7 Å². The van der Waals surface area contributed by atoms with Crippen molar-refractivity contribution in [2.75, 3.05) is 32.8 Å². The molecule has 15 heteroatoms. The number of anilines is 1. The molecule has 3 heterocycles. The summed E-state index contributed by atoms with van der Waals surface area (Å²) in [5, 5.41) is 11.8. The maximum Gasteiger partial charge on any atom is 0.697 e. The minimum Gasteiger partial charge on any atom is -0.497 e. The van der Waals surface area contributed by atoms with Gasteiger partial charge in [-0.05, 0) is 53.1 Å². The van der Waals surface area contributed by atoms with E-state index < -0.39 is 32.3 Å². The standard InChI is InChI=1S/C41H37N6O8P/c1-50-32-18-14-30(15-19-32)41(29-12-7-4-8-13-29,31-16-20-33(51-2)21-17-31)52-25-35-34(55-56(49)53-23-9-22-42)24-36(54-35)47-27-45-37-38(43-26-44-39(37)47)46-40(48)28-10-5-3-6-11-28/h3-8,10-21,26-27,34-36H,9,23-25H2,1-2H3/p+1/t34-,35+,36+/m0/s1. The highest BCUT2D eigenvalue weighted by Crippen LogP contribution is 2.44. The van der Waals surface area contributed by atoms with Gasteiger partial charge < -0.3 is 24.3 Å². The van der Waals surface area contributed by atoms with E-state index in [1.165, 1.54) is 6.33 Å². The van der Waals surface area contributed by atoms with Crippen molar-refractivity contribution in [3.8, 4) is 17.6 Å². The van der Waals surface area contributed by atoms with Crippen LogP contribution in [0.1, 0.15) is 46.1 Å². The van der Waals surface area contributed by atoms with E-state index >= 15 is 0 Å². The van der Waals surface area contributed by atoms with Gasteiger partial charge >= 0.3 is 8.25 Å². The van der Waals surface area contributed by atoms with Crippen LogP contribution in [0.2, 0.25) is 0 Å². The van der Waals surface area contributed by atoms with Crippen LogP contribution in [0.25, 0.3) is 11.2 Å². The van der Waals surface area contributed by atoms with Crippen molar-refractivity contribution in [1.82, 2.24) is 19.5 Å². The zero-order chi connectivity index (χ0) is 38.9. The number of nitrogens with one attached hydrogen (secondary N) is 1. The number of aromatic nitrogens is 4. The Morgan fingerprint density at radius 3 is 2.14 bits per heavy atom. The number of imidazole rings is 1. The van der Waals surface area contributed by atoms with Gasteiger partial charge in [0, 0.05) is 16.5 Å². The third kappa shape index (κ3) is 8.13. The predicted molar refractivity (Wildman–Crippen MR) is 205 cm³/mol. The number of rotatable bonds is 16. The average Bonchev–Trinajstić information content (AvgIpc) is 3.86. The summed E-state index contributed by atoms with van der Waals surface area (Å²) < 4.78 is 50.9. The molecule has 4 atom stereocenters. The lowest BCUT2D eigenvalue weighted by molar-refractivity contribution is -0.0906. The van der Waals surface area contributed by atoms with Crippen LogP contribution in [0, 0.1) is 11.3 Å². The SMILES string of the molecule is COc1ccc(C(OC[C@H]2O[C@@H](n3cnc4c(NC(=O)c5ccccc5)ncnc43)C[C@@H]2O[P+](=O)OCCC#N)(c2ccccc2)c2ccc(OC)cc2)cc1. The van der Waals surface area contributed by atoms with Gasteiger partial charge in [0.25, 0.3) is 5.91 Å². The molecule has 0 radical (unpaired) electrons. The Morgan fingerprint density at radius 2 is 1.52 bits per heavy atom. The molecule has 0 spiro atoms. The Hall–Kier alpha value is -6.07. The predicted octanol–water partition coefficient (Wildman–Crippen LogP) is 7.36. The first-order chi connectivity index (χ1) is 27.4. The topological polar surface area (TPSA) is 169 Å². The number of fused-ring (bicyclic) bond motifs is 1. The van der Waals surface area contributed by atoms with Gasteiger partial charge in [-0.2, -0.15) is 5.26 Å². The molecule has 14 nitrogen and oxygen atoms in total. The number of carbonyl (C=O) groups is 1. The number of nitrogens with zero attached hydrogens (tertiary/aromatic N) is 5. The molecule has 0 aliphatic carbocycles. The molecule has 0 saturated carbocycles. The van der Waals surface area contributed by atoms with Gasteiger partial charge in [-0.3, -0.25) is 9.36 Å². The Labute approximate surface area is 323 Å². The van der Waals surface area contributed by atoms with Crippen molar-refractivity contribution < 1.29 is 37.4 Å². The van der Waals surface area contributed by atoms with Gasteiger partial charge in [0.2, 0.25) is 0 Å². The molecule has 1 aliphatic heterocycles. The quantitative estimate of drug-likeness (QED) is 0.0590. The summed E-state index contributed by atoms with van der Waals surface area (Å²) in [6.45, 7) is -0.0913. The summed E-state index contributed by atoms with van der Waals surface area (Å²) in [6, 6.07) is 35.9. The van der Waals surface area contributed by atoms with E-state index in [2.05, 4.69) is 20.3 Å². The lowest BCUT2D eigenvalue weighted by Gasteiger charge is -2.37. The number of hydrogen-bond donors (Lipinski definition) is 1. The highest BCUT2D eigenvalue weighted by molar-refractivity contribution is 7.33. The van der Waals surface area contributed by atoms with Crippen molar-refractivity contribution in [3.63, 3.8) is 0 Å². The summed E-state index contributed by atoms with van der Waals surface area (Å²) in [4.78, 5) is 26.3. The molecule has 4 aromatic carbocycles. The number of methoxy groups -OCH3 is 2. The van der Waals surface area contributed by atoms with Crippen LogP contribution >= 0.6 is 8.25 Å². The van der Waals surface area contributed by atoms with Crippen LogP contribution in [0.4, 0.5) is 5.82 Å².